The van der Waals surface area contributed by atoms with Gasteiger partial charge in [0.2, 0.25) is 0 Å². The van der Waals surface area contributed by atoms with Gasteiger partial charge in [0.15, 0.2) is 5.96 Å². The van der Waals surface area contributed by atoms with E-state index in [0.717, 1.165) is 68.4 Å². The number of hydrogen-bond acceptors (Lipinski definition) is 2. The van der Waals surface area contributed by atoms with Crippen molar-refractivity contribution in [1.82, 2.24) is 15.5 Å². The van der Waals surface area contributed by atoms with Crippen LogP contribution < -0.4 is 10.6 Å². The second-order valence-electron chi connectivity index (χ2n) is 7.71. The Balaban J connectivity index is 1.87. The van der Waals surface area contributed by atoms with Crippen molar-refractivity contribution in [2.45, 2.75) is 59.4 Å². The number of likely N-dealkylation sites (tertiary alicyclic amines) is 1. The van der Waals surface area contributed by atoms with E-state index in [9.17, 15) is 4.79 Å². The predicted molar refractivity (Wildman–Crippen MR) is 113 cm³/mol. The number of benzene rings is 1. The second-order valence-corrected chi connectivity index (χ2v) is 7.71. The van der Waals surface area contributed by atoms with Crippen LogP contribution in [0.25, 0.3) is 0 Å². The Morgan fingerprint density at radius 3 is 2.44 bits per heavy atom. The normalized spacial score (nSPS) is 15.1. The van der Waals surface area contributed by atoms with E-state index < -0.39 is 0 Å². The molecule has 5 heteroatoms. The fraction of sp³-hybridized carbons (Fsp3) is 0.636. The van der Waals surface area contributed by atoms with E-state index in [4.69, 9.17) is 0 Å². The molecule has 0 spiro atoms. The lowest BCUT2D eigenvalue weighted by Gasteiger charge is -2.26. The van der Waals surface area contributed by atoms with E-state index in [0.29, 0.717) is 6.54 Å². The molecule has 1 aliphatic heterocycles. The zero-order valence-corrected chi connectivity index (χ0v) is 17.3. The lowest BCUT2D eigenvalue weighted by Crippen LogP contribution is -2.37. The zero-order valence-electron chi connectivity index (χ0n) is 17.3. The first-order valence-electron chi connectivity index (χ1n) is 10.5. The summed E-state index contributed by atoms with van der Waals surface area (Å²) in [5, 5.41) is 6.69. The minimum Gasteiger partial charge on any atom is -0.357 e. The van der Waals surface area contributed by atoms with Gasteiger partial charge in [0.1, 0.15) is 0 Å². The van der Waals surface area contributed by atoms with Crippen molar-refractivity contribution in [3.05, 3.63) is 35.4 Å². The number of carbonyl (C=O) groups excluding carboxylic acids is 1. The summed E-state index contributed by atoms with van der Waals surface area (Å²) in [5.41, 5.74) is 1.90. The molecule has 1 aromatic carbocycles. The van der Waals surface area contributed by atoms with Crippen LogP contribution in [-0.4, -0.2) is 42.9 Å². The number of amides is 1. The van der Waals surface area contributed by atoms with Crippen molar-refractivity contribution in [1.29, 1.82) is 0 Å². The van der Waals surface area contributed by atoms with Crippen LogP contribution in [0.5, 0.6) is 0 Å². The first kappa shape index (κ1) is 21.3. The molecular weight excluding hydrogens is 336 g/mol. The summed E-state index contributed by atoms with van der Waals surface area (Å²) < 4.78 is 0. The van der Waals surface area contributed by atoms with Crippen molar-refractivity contribution in [3.63, 3.8) is 0 Å². The Labute approximate surface area is 164 Å². The van der Waals surface area contributed by atoms with Crippen LogP contribution in [0.2, 0.25) is 0 Å². The minimum atomic E-state index is 0.157. The standard InChI is InChI=1S/C22H36N4O/c1-4-23-22(24-14-8-9-18(2)3)25-17-19-10-12-20(13-11-19)21(27)26-15-6-5-7-16-26/h10-13,18H,4-9,14-17H2,1-3H3,(H2,23,24,25). The maximum atomic E-state index is 12.5. The molecule has 150 valence electrons. The van der Waals surface area contributed by atoms with Gasteiger partial charge in [-0.25, -0.2) is 4.99 Å². The SMILES string of the molecule is CCNC(=NCc1ccc(C(=O)N2CCCCC2)cc1)NCCCC(C)C. The third kappa shape index (κ3) is 7.61. The molecule has 0 bridgehead atoms. The van der Waals surface area contributed by atoms with Crippen molar-refractivity contribution in [2.75, 3.05) is 26.2 Å². The third-order valence-corrected chi connectivity index (χ3v) is 4.86. The smallest absolute Gasteiger partial charge is 0.253 e. The number of hydrogen-bond donors (Lipinski definition) is 2. The minimum absolute atomic E-state index is 0.157. The summed E-state index contributed by atoms with van der Waals surface area (Å²) in [4.78, 5) is 19.2. The molecule has 1 fully saturated rings. The van der Waals surface area contributed by atoms with Crippen molar-refractivity contribution >= 4 is 11.9 Å². The number of nitrogens with zero attached hydrogens (tertiary/aromatic N) is 2. The van der Waals surface area contributed by atoms with Gasteiger partial charge in [-0.2, -0.15) is 0 Å². The maximum Gasteiger partial charge on any atom is 0.253 e. The molecule has 0 unspecified atom stereocenters. The molecule has 1 aromatic rings. The fourth-order valence-electron chi connectivity index (χ4n) is 3.26. The van der Waals surface area contributed by atoms with Crippen LogP contribution in [0, 0.1) is 5.92 Å². The van der Waals surface area contributed by atoms with Crippen LogP contribution in [0.3, 0.4) is 0 Å². The van der Waals surface area contributed by atoms with Gasteiger partial charge in [-0.1, -0.05) is 26.0 Å². The van der Waals surface area contributed by atoms with Crippen LogP contribution in [0.15, 0.2) is 29.3 Å². The van der Waals surface area contributed by atoms with E-state index in [2.05, 4.69) is 36.4 Å². The predicted octanol–water partition coefficient (Wildman–Crippen LogP) is 3.80. The molecule has 5 nitrogen and oxygen atoms in total. The molecule has 1 aliphatic rings. The summed E-state index contributed by atoms with van der Waals surface area (Å²) in [6, 6.07) is 7.90. The monoisotopic (exact) mass is 372 g/mol. The summed E-state index contributed by atoms with van der Waals surface area (Å²) in [6.45, 7) is 10.7. The third-order valence-electron chi connectivity index (χ3n) is 4.86. The molecule has 1 amide bonds. The number of nitrogens with one attached hydrogen (secondary N) is 2. The average molecular weight is 373 g/mol. The Morgan fingerprint density at radius 1 is 1.11 bits per heavy atom. The molecule has 0 saturated carbocycles. The molecule has 1 heterocycles. The zero-order chi connectivity index (χ0) is 19.5. The molecule has 0 aliphatic carbocycles. The molecule has 27 heavy (non-hydrogen) atoms. The highest BCUT2D eigenvalue weighted by molar-refractivity contribution is 5.94. The summed E-state index contributed by atoms with van der Waals surface area (Å²) in [5.74, 6) is 1.75. The molecule has 0 radical (unpaired) electrons. The Bertz CT molecular complexity index is 589. The van der Waals surface area contributed by atoms with E-state index in [-0.39, 0.29) is 5.91 Å². The summed E-state index contributed by atoms with van der Waals surface area (Å²) in [6.07, 6.45) is 5.85. The van der Waals surface area contributed by atoms with Gasteiger partial charge in [0, 0.05) is 31.7 Å². The van der Waals surface area contributed by atoms with Gasteiger partial charge in [0.25, 0.3) is 5.91 Å². The number of guanidine groups is 1. The van der Waals surface area contributed by atoms with Crippen LogP contribution >= 0.6 is 0 Å². The quantitative estimate of drug-likeness (QED) is 0.414. The van der Waals surface area contributed by atoms with E-state index >= 15 is 0 Å². The molecule has 1 saturated heterocycles. The molecule has 0 atom stereocenters. The van der Waals surface area contributed by atoms with Crippen LogP contribution in [-0.2, 0) is 6.54 Å². The average Bonchev–Trinajstić information content (AvgIpc) is 2.69. The molecule has 2 rings (SSSR count). The summed E-state index contributed by atoms with van der Waals surface area (Å²) in [7, 11) is 0. The Kier molecular flexibility index (Phi) is 9.16. The topological polar surface area (TPSA) is 56.7 Å². The Hall–Kier alpha value is -2.04. The van der Waals surface area contributed by atoms with Gasteiger partial charge in [-0.05, 0) is 62.6 Å². The number of rotatable bonds is 8. The van der Waals surface area contributed by atoms with Gasteiger partial charge in [-0.3, -0.25) is 4.79 Å². The van der Waals surface area contributed by atoms with Gasteiger partial charge < -0.3 is 15.5 Å². The van der Waals surface area contributed by atoms with Gasteiger partial charge in [0.05, 0.1) is 6.54 Å². The highest BCUT2D eigenvalue weighted by Gasteiger charge is 2.17. The highest BCUT2D eigenvalue weighted by atomic mass is 16.2. The number of carbonyl (C=O) groups is 1. The molecule has 0 aromatic heterocycles. The number of aliphatic imine (C=N–C) groups is 1. The van der Waals surface area contributed by atoms with E-state index in [1.54, 1.807) is 0 Å². The molecular formula is C22H36N4O. The molecule has 2 N–H and O–H groups in total. The first-order valence-corrected chi connectivity index (χ1v) is 10.5. The maximum absolute atomic E-state index is 12.5. The summed E-state index contributed by atoms with van der Waals surface area (Å²) >= 11 is 0. The van der Waals surface area contributed by atoms with E-state index in [1.165, 1.54) is 12.8 Å². The second kappa shape index (κ2) is 11.6. The lowest BCUT2D eigenvalue weighted by atomic mass is 10.1. The van der Waals surface area contributed by atoms with Gasteiger partial charge in [-0.15, -0.1) is 0 Å². The van der Waals surface area contributed by atoms with Crippen LogP contribution in [0.4, 0.5) is 0 Å². The van der Waals surface area contributed by atoms with Crippen LogP contribution in [0.1, 0.15) is 68.8 Å². The number of piperidine rings is 1. The van der Waals surface area contributed by atoms with Crippen molar-refractivity contribution in [2.24, 2.45) is 10.9 Å². The highest BCUT2D eigenvalue weighted by Crippen LogP contribution is 2.14. The fourth-order valence-corrected chi connectivity index (χ4v) is 3.26. The first-order chi connectivity index (χ1) is 13.1. The van der Waals surface area contributed by atoms with Crippen molar-refractivity contribution in [3.8, 4) is 0 Å². The van der Waals surface area contributed by atoms with Gasteiger partial charge >= 0.3 is 0 Å². The lowest BCUT2D eigenvalue weighted by molar-refractivity contribution is 0.0724. The van der Waals surface area contributed by atoms with Crippen molar-refractivity contribution < 1.29 is 4.79 Å². The largest absolute Gasteiger partial charge is 0.357 e. The van der Waals surface area contributed by atoms with E-state index in [1.807, 2.05) is 29.2 Å². The Morgan fingerprint density at radius 2 is 1.81 bits per heavy atom.